The van der Waals surface area contributed by atoms with Crippen molar-refractivity contribution in [3.05, 3.63) is 59.1 Å². The molecule has 3 aliphatic carbocycles. The predicted molar refractivity (Wildman–Crippen MR) is 127 cm³/mol. The van der Waals surface area contributed by atoms with Crippen LogP contribution in [0.25, 0.3) is 0 Å². The largest absolute Gasteiger partial charge is 0.287 e. The number of allylic oxidation sites excluding steroid dienone is 7. The number of halogens is 1. The number of rotatable bonds is 7. The van der Waals surface area contributed by atoms with E-state index in [1.54, 1.807) is 24.3 Å². The van der Waals surface area contributed by atoms with Gasteiger partial charge in [-0.05, 0) is 42.9 Å². The van der Waals surface area contributed by atoms with Gasteiger partial charge >= 0.3 is 0 Å². The van der Waals surface area contributed by atoms with Crippen LogP contribution in [-0.4, -0.2) is 44.0 Å². The van der Waals surface area contributed by atoms with Crippen LogP contribution in [0.1, 0.15) is 32.1 Å². The van der Waals surface area contributed by atoms with Gasteiger partial charge in [0.05, 0.1) is 11.9 Å². The fourth-order valence-electron chi connectivity index (χ4n) is 3.59. The Balaban J connectivity index is 1.50. The maximum atomic E-state index is 14.3. The van der Waals surface area contributed by atoms with E-state index in [4.69, 9.17) is 5.14 Å². The summed E-state index contributed by atoms with van der Waals surface area (Å²) in [4.78, 5) is 16.5. The van der Waals surface area contributed by atoms with Gasteiger partial charge in [-0.25, -0.2) is 41.3 Å². The van der Waals surface area contributed by atoms with Crippen LogP contribution in [0.4, 0.5) is 16.2 Å². The number of aromatic nitrogens is 2. The van der Waals surface area contributed by atoms with Gasteiger partial charge in [0, 0.05) is 35.4 Å². The minimum absolute atomic E-state index is 0.0296. The van der Waals surface area contributed by atoms with E-state index < -0.39 is 25.9 Å². The summed E-state index contributed by atoms with van der Waals surface area (Å²) in [5.41, 5.74) is 2.27. The lowest BCUT2D eigenvalue weighted by Gasteiger charge is -2.19. The molecule has 1 aromatic rings. The fraction of sp³-hybridized carbons (Fsp3) is 0.333. The summed E-state index contributed by atoms with van der Waals surface area (Å²) in [6.07, 6.45) is 12.0. The molecule has 3 aliphatic rings. The molecule has 0 bridgehead atoms. The van der Waals surface area contributed by atoms with E-state index in [9.17, 15) is 21.2 Å². The summed E-state index contributed by atoms with van der Waals surface area (Å²) in [5.74, 6) is -1.23. The second kappa shape index (κ2) is 9.68. The molecule has 0 aromatic carbocycles. The van der Waals surface area contributed by atoms with Gasteiger partial charge in [-0.15, -0.1) is 0 Å². The Hall–Kier alpha value is -3.03. The first-order valence-electron chi connectivity index (χ1n) is 10.5. The Morgan fingerprint density at radius 2 is 1.91 bits per heavy atom. The molecule has 13 heteroatoms. The standard InChI is InChI=1S/C21H23FN6O4S2/c22-19-11-24-21(26-18-6-1-3-14(9-18)12-33(23,29)30)27-20(19)25-17-5-2-4-15(10-17)13-34(31,32)28-16-7-8-16/h1-2,5-7,11-12,15,28H,3-4,8-10,13H2,(H2,23,29,30). The average Bonchev–Trinajstić information content (AvgIpc) is 3.52. The number of nitrogens with two attached hydrogens (primary N) is 1. The number of hydrogen-bond donors (Lipinski definition) is 2. The van der Waals surface area contributed by atoms with Crippen LogP contribution in [0.15, 0.2) is 63.2 Å². The summed E-state index contributed by atoms with van der Waals surface area (Å²) < 4.78 is 64.0. The summed E-state index contributed by atoms with van der Waals surface area (Å²) >= 11 is 0. The van der Waals surface area contributed by atoms with E-state index >= 15 is 0 Å². The van der Waals surface area contributed by atoms with Crippen molar-refractivity contribution in [2.24, 2.45) is 21.0 Å². The van der Waals surface area contributed by atoms with Gasteiger partial charge in [-0.2, -0.15) is 4.98 Å². The molecule has 1 atom stereocenters. The van der Waals surface area contributed by atoms with Crippen molar-refractivity contribution in [3.8, 4) is 0 Å². The SMILES string of the molecule is NS(=O)(=O)C=C1CC=CC(=Nc2ncc(F)c(N=C3C=CCC(CS(=O)(=O)NC4=CC4)C3)n2)C1. The topological polar surface area (TPSA) is 157 Å². The van der Waals surface area contributed by atoms with E-state index in [1.165, 1.54) is 0 Å². The van der Waals surface area contributed by atoms with Crippen molar-refractivity contribution in [1.29, 1.82) is 0 Å². The molecule has 1 unspecified atom stereocenters. The van der Waals surface area contributed by atoms with E-state index in [1.807, 2.05) is 6.08 Å². The van der Waals surface area contributed by atoms with Gasteiger partial charge in [-0.1, -0.05) is 18.2 Å². The Morgan fingerprint density at radius 3 is 2.65 bits per heavy atom. The van der Waals surface area contributed by atoms with Crippen molar-refractivity contribution in [2.75, 3.05) is 5.75 Å². The molecule has 180 valence electrons. The van der Waals surface area contributed by atoms with Crippen molar-refractivity contribution in [1.82, 2.24) is 14.7 Å². The normalized spacial score (nSPS) is 24.0. The van der Waals surface area contributed by atoms with E-state index in [0.717, 1.165) is 11.6 Å². The number of nitrogens with zero attached hydrogens (tertiary/aromatic N) is 4. The molecule has 0 saturated carbocycles. The number of aliphatic imine (C=N–C) groups is 2. The van der Waals surface area contributed by atoms with Crippen LogP contribution in [-0.2, 0) is 20.0 Å². The zero-order valence-electron chi connectivity index (χ0n) is 18.1. The van der Waals surface area contributed by atoms with Gasteiger partial charge < -0.3 is 0 Å². The number of sulfonamides is 2. The lowest BCUT2D eigenvalue weighted by molar-refractivity contribution is 0.553. The van der Waals surface area contributed by atoms with Crippen LogP contribution in [0.2, 0.25) is 0 Å². The summed E-state index contributed by atoms with van der Waals surface area (Å²) in [7, 11) is -7.21. The third-order valence-corrected chi connectivity index (χ3v) is 7.21. The van der Waals surface area contributed by atoms with E-state index in [0.29, 0.717) is 48.4 Å². The quantitative estimate of drug-likeness (QED) is 0.578. The monoisotopic (exact) mass is 506 g/mol. The van der Waals surface area contributed by atoms with Crippen molar-refractivity contribution in [3.63, 3.8) is 0 Å². The first-order chi connectivity index (χ1) is 16.0. The molecule has 0 amide bonds. The third kappa shape index (κ3) is 7.23. The highest BCUT2D eigenvalue weighted by Crippen LogP contribution is 2.25. The third-order valence-electron chi connectivity index (χ3n) is 5.06. The second-order valence-electron chi connectivity index (χ2n) is 8.22. The van der Waals surface area contributed by atoms with Crippen LogP contribution in [0.5, 0.6) is 0 Å². The average molecular weight is 507 g/mol. The molecule has 1 heterocycles. The number of hydrogen-bond acceptors (Lipinski definition) is 8. The second-order valence-corrected chi connectivity index (χ2v) is 11.4. The molecule has 0 saturated heterocycles. The molecule has 4 rings (SSSR count). The van der Waals surface area contributed by atoms with Crippen molar-refractivity contribution < 1.29 is 21.2 Å². The molecule has 3 N–H and O–H groups in total. The Labute approximate surface area is 197 Å². The van der Waals surface area contributed by atoms with Gasteiger partial charge in [-0.3, -0.25) is 4.72 Å². The zero-order valence-corrected chi connectivity index (χ0v) is 19.7. The first-order valence-corrected chi connectivity index (χ1v) is 13.7. The Bertz CT molecular complexity index is 1390. The highest BCUT2D eigenvalue weighted by molar-refractivity contribution is 7.92. The van der Waals surface area contributed by atoms with E-state index in [-0.39, 0.29) is 29.9 Å². The molecule has 0 aliphatic heterocycles. The van der Waals surface area contributed by atoms with Gasteiger partial charge in [0.2, 0.25) is 20.0 Å². The molecular weight excluding hydrogens is 483 g/mol. The van der Waals surface area contributed by atoms with Crippen LogP contribution >= 0.6 is 0 Å². The van der Waals surface area contributed by atoms with E-state index in [2.05, 4.69) is 24.7 Å². The number of nitrogens with one attached hydrogen (secondary N) is 1. The molecule has 34 heavy (non-hydrogen) atoms. The number of primary sulfonamides is 1. The maximum Gasteiger partial charge on any atom is 0.251 e. The Kier molecular flexibility index (Phi) is 6.86. The molecule has 0 spiro atoms. The Morgan fingerprint density at radius 1 is 1.15 bits per heavy atom. The molecule has 0 fully saturated rings. The highest BCUT2D eigenvalue weighted by Gasteiger charge is 2.24. The smallest absolute Gasteiger partial charge is 0.251 e. The lowest BCUT2D eigenvalue weighted by atomic mass is 9.95. The zero-order chi connectivity index (χ0) is 24.3. The van der Waals surface area contributed by atoms with Crippen LogP contribution in [0.3, 0.4) is 0 Å². The molecular formula is C21H23FN6O4S2. The first kappa shape index (κ1) is 24.1. The molecule has 1 aromatic heterocycles. The van der Waals surface area contributed by atoms with Gasteiger partial charge in [0.25, 0.3) is 5.95 Å². The minimum Gasteiger partial charge on any atom is -0.287 e. The fourth-order valence-corrected chi connectivity index (χ4v) is 5.76. The highest BCUT2D eigenvalue weighted by atomic mass is 32.2. The predicted octanol–water partition coefficient (Wildman–Crippen LogP) is 2.46. The minimum atomic E-state index is -3.77. The van der Waals surface area contributed by atoms with Gasteiger partial charge in [0.15, 0.2) is 11.6 Å². The lowest BCUT2D eigenvalue weighted by Crippen LogP contribution is -2.29. The molecule has 0 radical (unpaired) electrons. The maximum absolute atomic E-state index is 14.3. The van der Waals surface area contributed by atoms with Crippen molar-refractivity contribution in [2.45, 2.75) is 32.1 Å². The van der Waals surface area contributed by atoms with Crippen molar-refractivity contribution >= 4 is 43.2 Å². The van der Waals surface area contributed by atoms with Gasteiger partial charge in [0.1, 0.15) is 0 Å². The van der Waals surface area contributed by atoms with Crippen LogP contribution in [0, 0.1) is 11.7 Å². The summed E-state index contributed by atoms with van der Waals surface area (Å²) in [6, 6.07) is 0. The molecule has 10 nitrogen and oxygen atoms in total. The van der Waals surface area contributed by atoms with Crippen LogP contribution < -0.4 is 9.86 Å². The summed E-state index contributed by atoms with van der Waals surface area (Å²) in [5, 5.41) is 6.06. The summed E-state index contributed by atoms with van der Waals surface area (Å²) in [6.45, 7) is 0.